The number of hydrogen-bond acceptors (Lipinski definition) is 5. The number of halogens is 1. The molecule has 1 fully saturated rings. The van der Waals surface area contributed by atoms with Crippen LogP contribution in [0.25, 0.3) is 0 Å². The molecule has 1 atom stereocenters. The summed E-state index contributed by atoms with van der Waals surface area (Å²) in [6.45, 7) is 5.54. The number of aryl methyl sites for hydroxylation is 1. The van der Waals surface area contributed by atoms with E-state index in [0.717, 1.165) is 36.6 Å². The number of rotatable bonds is 8. The lowest BCUT2D eigenvalue weighted by Gasteiger charge is -2.17. The zero-order chi connectivity index (χ0) is 20.5. The fourth-order valence-corrected chi connectivity index (χ4v) is 3.11. The number of pyridine rings is 1. The lowest BCUT2D eigenvalue weighted by molar-refractivity contribution is 0.166. The van der Waals surface area contributed by atoms with E-state index in [9.17, 15) is 0 Å². The topological polar surface area (TPSA) is 77.0 Å². The van der Waals surface area contributed by atoms with E-state index in [2.05, 4.69) is 45.7 Å². The van der Waals surface area contributed by atoms with Crippen molar-refractivity contribution in [2.24, 2.45) is 10.9 Å². The number of hydrogen-bond donors (Lipinski definition) is 2. The second kappa shape index (κ2) is 12.6. The zero-order valence-electron chi connectivity index (χ0n) is 17.8. The van der Waals surface area contributed by atoms with Gasteiger partial charge in [-0.3, -0.25) is 4.99 Å². The van der Waals surface area contributed by atoms with Crippen LogP contribution in [0.3, 0.4) is 0 Å². The molecule has 0 amide bonds. The Labute approximate surface area is 195 Å². The molecule has 1 unspecified atom stereocenters. The summed E-state index contributed by atoms with van der Waals surface area (Å²) >= 11 is 0. The van der Waals surface area contributed by atoms with Gasteiger partial charge in [-0.15, -0.1) is 24.0 Å². The number of nitrogens with zero attached hydrogens (tertiary/aromatic N) is 2. The Morgan fingerprint density at radius 3 is 2.80 bits per heavy atom. The van der Waals surface area contributed by atoms with Gasteiger partial charge in [-0.25, -0.2) is 4.98 Å². The molecular weight excluding hydrogens is 495 g/mol. The van der Waals surface area contributed by atoms with Gasteiger partial charge in [0, 0.05) is 37.7 Å². The van der Waals surface area contributed by atoms with Crippen LogP contribution < -0.4 is 20.1 Å². The molecule has 2 N–H and O–H groups in total. The normalized spacial score (nSPS) is 16.0. The van der Waals surface area contributed by atoms with Crippen molar-refractivity contribution >= 4 is 29.9 Å². The van der Waals surface area contributed by atoms with Gasteiger partial charge in [-0.05, 0) is 31.0 Å². The summed E-state index contributed by atoms with van der Waals surface area (Å²) in [5.41, 5.74) is 3.15. The Kier molecular flexibility index (Phi) is 10.2. The number of guanidine groups is 1. The first kappa shape index (κ1) is 24.2. The maximum absolute atomic E-state index is 6.12. The van der Waals surface area contributed by atoms with E-state index in [0.29, 0.717) is 37.5 Å². The predicted octanol–water partition coefficient (Wildman–Crippen LogP) is 3.30. The Bertz CT molecular complexity index is 826. The minimum Gasteiger partial charge on any atom is -0.493 e. The molecule has 3 rings (SSSR count). The molecule has 0 bridgehead atoms. The summed E-state index contributed by atoms with van der Waals surface area (Å²) in [5.74, 6) is 2.68. The Balaban J connectivity index is 0.00000320. The summed E-state index contributed by atoms with van der Waals surface area (Å²) in [5, 5.41) is 6.63. The molecule has 2 aromatic rings. The molecular formula is C22H31IN4O3. The predicted molar refractivity (Wildman–Crippen MR) is 129 cm³/mol. The summed E-state index contributed by atoms with van der Waals surface area (Å²) in [7, 11) is 3.36. The van der Waals surface area contributed by atoms with E-state index in [1.165, 1.54) is 5.56 Å². The third-order valence-corrected chi connectivity index (χ3v) is 4.82. The van der Waals surface area contributed by atoms with Crippen molar-refractivity contribution in [2.45, 2.75) is 26.4 Å². The molecule has 7 nitrogen and oxygen atoms in total. The molecule has 1 saturated heterocycles. The van der Waals surface area contributed by atoms with E-state index in [-0.39, 0.29) is 24.0 Å². The molecule has 0 spiro atoms. The molecule has 1 aliphatic rings. The number of aromatic nitrogens is 1. The second-order valence-electron chi connectivity index (χ2n) is 7.10. The van der Waals surface area contributed by atoms with Crippen molar-refractivity contribution in [1.82, 2.24) is 15.6 Å². The van der Waals surface area contributed by atoms with E-state index in [1.807, 2.05) is 18.2 Å². The molecule has 2 heterocycles. The molecule has 0 radical (unpaired) electrons. The van der Waals surface area contributed by atoms with Gasteiger partial charge in [0.1, 0.15) is 5.75 Å². The first-order chi connectivity index (χ1) is 14.2. The number of nitrogens with one attached hydrogen (secondary N) is 2. The van der Waals surface area contributed by atoms with Gasteiger partial charge in [0.25, 0.3) is 0 Å². The van der Waals surface area contributed by atoms with Gasteiger partial charge in [0.05, 0.1) is 32.6 Å². The summed E-state index contributed by atoms with van der Waals surface area (Å²) in [4.78, 5) is 8.70. The van der Waals surface area contributed by atoms with Gasteiger partial charge < -0.3 is 24.8 Å². The molecule has 30 heavy (non-hydrogen) atoms. The fraction of sp³-hybridized carbons (Fsp3) is 0.455. The van der Waals surface area contributed by atoms with Crippen LogP contribution in [0.1, 0.15) is 23.2 Å². The Hall–Kier alpha value is -2.07. The fourth-order valence-electron chi connectivity index (χ4n) is 3.11. The molecule has 1 aromatic heterocycles. The summed E-state index contributed by atoms with van der Waals surface area (Å²) < 4.78 is 16.7. The van der Waals surface area contributed by atoms with E-state index in [1.54, 1.807) is 14.2 Å². The van der Waals surface area contributed by atoms with Crippen LogP contribution in [0.5, 0.6) is 11.6 Å². The second-order valence-corrected chi connectivity index (χ2v) is 7.10. The van der Waals surface area contributed by atoms with Crippen LogP contribution in [-0.4, -0.2) is 44.9 Å². The molecule has 1 aliphatic heterocycles. The van der Waals surface area contributed by atoms with Crippen LogP contribution in [-0.2, 0) is 17.8 Å². The van der Waals surface area contributed by atoms with Crippen molar-refractivity contribution in [2.75, 3.05) is 34.0 Å². The van der Waals surface area contributed by atoms with E-state index < -0.39 is 0 Å². The van der Waals surface area contributed by atoms with Crippen molar-refractivity contribution in [1.29, 1.82) is 0 Å². The van der Waals surface area contributed by atoms with Crippen LogP contribution in [0.4, 0.5) is 0 Å². The standard InChI is InChI=1S/C22H30N4O3.HI/c1-16-7-8-18(20(11-16)29-15-17-9-10-28-14-17)12-24-22(23-2)25-13-19-5-4-6-21(26-19)27-3;/h4-8,11,17H,9-10,12-15H2,1-3H3,(H2,23,24,25);1H. The quantitative estimate of drug-likeness (QED) is 0.313. The van der Waals surface area contributed by atoms with Gasteiger partial charge in [0.2, 0.25) is 5.88 Å². The third-order valence-electron chi connectivity index (χ3n) is 4.82. The van der Waals surface area contributed by atoms with Crippen molar-refractivity contribution < 1.29 is 14.2 Å². The Morgan fingerprint density at radius 1 is 1.23 bits per heavy atom. The maximum atomic E-state index is 6.12. The molecule has 0 aliphatic carbocycles. The smallest absolute Gasteiger partial charge is 0.213 e. The highest BCUT2D eigenvalue weighted by atomic mass is 127. The number of benzene rings is 1. The zero-order valence-corrected chi connectivity index (χ0v) is 20.1. The summed E-state index contributed by atoms with van der Waals surface area (Å²) in [6.07, 6.45) is 1.06. The maximum Gasteiger partial charge on any atom is 0.213 e. The van der Waals surface area contributed by atoms with Crippen LogP contribution in [0.2, 0.25) is 0 Å². The minimum atomic E-state index is 0. The van der Waals surface area contributed by atoms with Crippen LogP contribution >= 0.6 is 24.0 Å². The van der Waals surface area contributed by atoms with Crippen molar-refractivity contribution in [3.63, 3.8) is 0 Å². The molecule has 0 saturated carbocycles. The largest absolute Gasteiger partial charge is 0.493 e. The van der Waals surface area contributed by atoms with Crippen molar-refractivity contribution in [3.8, 4) is 11.6 Å². The highest BCUT2D eigenvalue weighted by Crippen LogP contribution is 2.22. The number of methoxy groups -OCH3 is 1. The first-order valence-corrected chi connectivity index (χ1v) is 9.92. The average Bonchev–Trinajstić information content (AvgIpc) is 3.27. The van der Waals surface area contributed by atoms with E-state index in [4.69, 9.17) is 14.2 Å². The van der Waals surface area contributed by atoms with Gasteiger partial charge in [-0.1, -0.05) is 18.2 Å². The monoisotopic (exact) mass is 526 g/mol. The van der Waals surface area contributed by atoms with Crippen molar-refractivity contribution in [3.05, 3.63) is 53.2 Å². The molecule has 1 aromatic carbocycles. The van der Waals surface area contributed by atoms with Gasteiger partial charge in [-0.2, -0.15) is 0 Å². The van der Waals surface area contributed by atoms with Crippen LogP contribution in [0, 0.1) is 12.8 Å². The lowest BCUT2D eigenvalue weighted by Crippen LogP contribution is -2.36. The SMILES string of the molecule is CN=C(NCc1cccc(OC)n1)NCc1ccc(C)cc1OCC1CCOC1.I. The number of aliphatic imine (C=N–C) groups is 1. The van der Waals surface area contributed by atoms with E-state index >= 15 is 0 Å². The highest BCUT2D eigenvalue weighted by molar-refractivity contribution is 14.0. The lowest BCUT2D eigenvalue weighted by atomic mass is 10.1. The Morgan fingerprint density at radius 2 is 2.07 bits per heavy atom. The van der Waals surface area contributed by atoms with Gasteiger partial charge >= 0.3 is 0 Å². The molecule has 164 valence electrons. The summed E-state index contributed by atoms with van der Waals surface area (Å²) in [6, 6.07) is 12.0. The third kappa shape index (κ3) is 7.32. The first-order valence-electron chi connectivity index (χ1n) is 9.92. The van der Waals surface area contributed by atoms with Crippen LogP contribution in [0.15, 0.2) is 41.4 Å². The average molecular weight is 526 g/mol. The van der Waals surface area contributed by atoms with Gasteiger partial charge in [0.15, 0.2) is 5.96 Å². The molecule has 8 heteroatoms. The highest BCUT2D eigenvalue weighted by Gasteiger charge is 2.17. The minimum absolute atomic E-state index is 0. The number of ether oxygens (including phenoxy) is 3.